The van der Waals surface area contributed by atoms with Crippen molar-refractivity contribution >= 4 is 24.4 Å². The lowest BCUT2D eigenvalue weighted by Gasteiger charge is -2.59. The second kappa shape index (κ2) is 22.2. The molecule has 4 N–H and O–H groups in total. The van der Waals surface area contributed by atoms with Gasteiger partial charge in [-0.1, -0.05) is 65.3 Å². The first-order chi connectivity index (χ1) is 29.4. The predicted octanol–water partition coefficient (Wildman–Crippen LogP) is 12.0. The van der Waals surface area contributed by atoms with Crippen LogP contribution in [0.4, 0.5) is 19.2 Å². The van der Waals surface area contributed by atoms with Crippen LogP contribution in [-0.2, 0) is 9.47 Å². The van der Waals surface area contributed by atoms with Crippen molar-refractivity contribution in [1.29, 1.82) is 0 Å². The van der Waals surface area contributed by atoms with Gasteiger partial charge in [0.2, 0.25) is 0 Å². The third-order valence-corrected chi connectivity index (χ3v) is 15.7. The van der Waals surface area contributed by atoms with Crippen molar-refractivity contribution in [2.24, 2.45) is 58.2 Å². The summed E-state index contributed by atoms with van der Waals surface area (Å²) in [7, 11) is 0. The molecule has 3 saturated carbocycles. The third kappa shape index (κ3) is 14.0. The lowest BCUT2D eigenvalue weighted by molar-refractivity contribution is -0.0519. The molecule has 3 fully saturated rings. The molecule has 4 amide bonds. The fraction of sp³-hybridized carbons (Fsp3) is 0.843. The van der Waals surface area contributed by atoms with E-state index < -0.39 is 35.6 Å². The minimum atomic E-state index is -1.04. The Morgan fingerprint density at radius 1 is 0.810 bits per heavy atom. The lowest BCUT2D eigenvalue weighted by atomic mass is 9.46. The van der Waals surface area contributed by atoms with Crippen molar-refractivity contribution in [2.75, 3.05) is 32.7 Å². The molecule has 0 aromatic rings. The molecule has 4 aliphatic rings. The van der Waals surface area contributed by atoms with Gasteiger partial charge in [-0.05, 0) is 183 Å². The van der Waals surface area contributed by atoms with E-state index in [1.54, 1.807) is 46.4 Å². The van der Waals surface area contributed by atoms with Gasteiger partial charge in [-0.3, -0.25) is 0 Å². The summed E-state index contributed by atoms with van der Waals surface area (Å²) >= 11 is 0. The van der Waals surface area contributed by atoms with Crippen LogP contribution in [0.25, 0.3) is 0 Å². The largest absolute Gasteiger partial charge is 0.465 e. The van der Waals surface area contributed by atoms with Crippen LogP contribution in [-0.4, -0.2) is 94.4 Å². The maximum absolute atomic E-state index is 13.1. The normalized spacial score (nSPS) is 28.5. The van der Waals surface area contributed by atoms with Crippen LogP contribution in [0.2, 0.25) is 0 Å². The molecule has 0 spiro atoms. The molecule has 12 heteroatoms. The fourth-order valence-corrected chi connectivity index (χ4v) is 12.6. The first kappa shape index (κ1) is 52.2. The number of nitrogens with zero attached hydrogens (tertiary/aromatic N) is 2. The minimum absolute atomic E-state index is 0.0966. The van der Waals surface area contributed by atoms with E-state index in [9.17, 15) is 29.4 Å². The minimum Gasteiger partial charge on any atom is -0.465 e. The quantitative estimate of drug-likeness (QED) is 0.0737. The fourth-order valence-electron chi connectivity index (χ4n) is 12.6. The third-order valence-electron chi connectivity index (χ3n) is 15.7. The van der Waals surface area contributed by atoms with E-state index in [2.05, 4.69) is 70.4 Å². The van der Waals surface area contributed by atoms with E-state index >= 15 is 0 Å². The first-order valence-corrected chi connectivity index (χ1v) is 24.7. The molecule has 0 aliphatic heterocycles. The maximum Gasteiger partial charge on any atom is 0.407 e. The lowest BCUT2D eigenvalue weighted by Crippen LogP contribution is -2.52. The summed E-state index contributed by atoms with van der Waals surface area (Å²) in [5, 5.41) is 26.3. The van der Waals surface area contributed by atoms with Crippen LogP contribution in [0, 0.1) is 58.2 Å². The van der Waals surface area contributed by atoms with Gasteiger partial charge in [-0.2, -0.15) is 0 Å². The van der Waals surface area contributed by atoms with Crippen molar-refractivity contribution in [3.05, 3.63) is 23.8 Å². The molecule has 1 unspecified atom stereocenters. The van der Waals surface area contributed by atoms with Crippen LogP contribution in [0.3, 0.4) is 0 Å². The molecule has 4 rings (SSSR count). The molecule has 10 atom stereocenters. The number of hydrogen-bond acceptors (Lipinski definition) is 6. The predicted molar refractivity (Wildman–Crippen MR) is 251 cm³/mol. The van der Waals surface area contributed by atoms with Crippen LogP contribution >= 0.6 is 0 Å². The highest BCUT2D eigenvalue weighted by Crippen LogP contribution is 2.67. The molecular weight excluding hydrogens is 797 g/mol. The Balaban J connectivity index is 1.48. The highest BCUT2D eigenvalue weighted by atomic mass is 16.6. The van der Waals surface area contributed by atoms with Gasteiger partial charge in [0, 0.05) is 38.8 Å². The summed E-state index contributed by atoms with van der Waals surface area (Å²) < 4.78 is 10.7. The number of ether oxygens (including phenoxy) is 2. The number of fused-ring (bicyclic) bond motifs is 5. The van der Waals surface area contributed by atoms with E-state index in [0.29, 0.717) is 66.6 Å². The Morgan fingerprint density at radius 3 is 1.97 bits per heavy atom. The van der Waals surface area contributed by atoms with E-state index in [-0.39, 0.29) is 50.1 Å². The zero-order chi connectivity index (χ0) is 46.9. The van der Waals surface area contributed by atoms with Crippen molar-refractivity contribution in [3.63, 3.8) is 0 Å². The van der Waals surface area contributed by atoms with Gasteiger partial charge in [0.05, 0.1) is 0 Å². The number of hydrogen-bond donors (Lipinski definition) is 4. The molecular formula is C51H88N4O8. The summed E-state index contributed by atoms with van der Waals surface area (Å²) in [6.45, 7) is 26.7. The van der Waals surface area contributed by atoms with E-state index in [1.807, 2.05) is 0 Å². The average Bonchev–Trinajstić information content (AvgIpc) is 3.53. The Hall–Kier alpha value is -3.44. The molecule has 0 radical (unpaired) electrons. The number of alkyl carbamates (subject to hydrolysis) is 2. The SMILES string of the molecule is CC[C@H](/C=C/[C@@H](C)[C@H]1CC[C@H]2[C@@H]3CC=C4C[C@@H](C(CCCN(CCCNC(=O)OC(C)(C)C)C(=O)O)N(CCCNC(=O)OC(C)(C)C)C(=O)O)CC[C@]4(C)[C@H]3CC[C@]12C)C(C)C. The second-order valence-corrected chi connectivity index (χ2v) is 22.6. The van der Waals surface area contributed by atoms with Crippen LogP contribution in [0.5, 0.6) is 0 Å². The van der Waals surface area contributed by atoms with Crippen LogP contribution < -0.4 is 10.6 Å². The summed E-state index contributed by atoms with van der Waals surface area (Å²) in [6.07, 6.45) is 16.7. The monoisotopic (exact) mass is 885 g/mol. The van der Waals surface area contributed by atoms with Gasteiger partial charge in [-0.25, -0.2) is 19.2 Å². The smallest absolute Gasteiger partial charge is 0.407 e. The van der Waals surface area contributed by atoms with Crippen molar-refractivity contribution in [1.82, 2.24) is 20.4 Å². The van der Waals surface area contributed by atoms with E-state index in [1.165, 1.54) is 42.6 Å². The molecule has 0 bridgehead atoms. The summed E-state index contributed by atoms with van der Waals surface area (Å²) in [4.78, 5) is 52.9. The Morgan fingerprint density at radius 2 is 1.41 bits per heavy atom. The van der Waals surface area contributed by atoms with Gasteiger partial charge >= 0.3 is 24.4 Å². The Labute approximate surface area is 381 Å². The molecule has 12 nitrogen and oxygen atoms in total. The molecule has 4 aliphatic carbocycles. The second-order valence-electron chi connectivity index (χ2n) is 22.6. The van der Waals surface area contributed by atoms with Crippen molar-refractivity contribution in [3.8, 4) is 0 Å². The Bertz CT molecular complexity index is 1600. The first-order valence-electron chi connectivity index (χ1n) is 24.7. The van der Waals surface area contributed by atoms with Gasteiger partial charge < -0.3 is 40.1 Å². The molecule has 0 heterocycles. The number of carbonyl (C=O) groups is 4. The number of amides is 4. The summed E-state index contributed by atoms with van der Waals surface area (Å²) in [5.74, 6) is 4.73. The van der Waals surface area contributed by atoms with Gasteiger partial charge in [0.25, 0.3) is 0 Å². The molecule has 360 valence electrons. The topological polar surface area (TPSA) is 158 Å². The van der Waals surface area contributed by atoms with Crippen LogP contribution in [0.1, 0.15) is 167 Å². The highest BCUT2D eigenvalue weighted by Gasteiger charge is 2.59. The van der Waals surface area contributed by atoms with Gasteiger partial charge in [0.15, 0.2) is 0 Å². The van der Waals surface area contributed by atoms with Crippen LogP contribution in [0.15, 0.2) is 23.8 Å². The number of rotatable bonds is 19. The molecule has 0 aromatic heterocycles. The highest BCUT2D eigenvalue weighted by molar-refractivity contribution is 5.68. The average molecular weight is 885 g/mol. The number of allylic oxidation sites excluding steroid dienone is 4. The van der Waals surface area contributed by atoms with Crippen molar-refractivity contribution < 1.29 is 38.9 Å². The summed E-state index contributed by atoms with van der Waals surface area (Å²) in [5.41, 5.74) is 0.689. The standard InChI is InChI=1S/C51H88N4O8/c1-13-36(34(2)3)19-18-35(4)40-22-23-41-39-21-20-38-33-37(24-26-50(38,11)42(39)25-27-51(40,41)12)43(55(47(60)61)32-16-29-53-45(57)63-49(8,9)10)17-14-30-54(46(58)59)31-15-28-52-44(56)62-48(5,6)7/h18-20,34-37,39-43H,13-17,21-33H2,1-12H3,(H,52,56)(H,53,57)(H,58,59)(H,60,61)/b19-18+/t35-,36-,37+,39+,40-,41+,42+,43?,50+,51-/m1/s1. The van der Waals surface area contributed by atoms with Gasteiger partial charge in [0.1, 0.15) is 11.2 Å². The molecule has 0 aromatic carbocycles. The van der Waals surface area contributed by atoms with Crippen molar-refractivity contribution in [2.45, 2.75) is 184 Å². The van der Waals surface area contributed by atoms with Gasteiger partial charge in [-0.15, -0.1) is 0 Å². The Kier molecular flexibility index (Phi) is 18.4. The number of carbonyl (C=O) groups excluding carboxylic acids is 2. The van der Waals surface area contributed by atoms with E-state index in [4.69, 9.17) is 9.47 Å². The molecule has 63 heavy (non-hydrogen) atoms. The maximum atomic E-state index is 13.1. The number of nitrogens with one attached hydrogen (secondary N) is 2. The summed E-state index contributed by atoms with van der Waals surface area (Å²) in [6, 6.07) is -0.306. The zero-order valence-electron chi connectivity index (χ0n) is 41.4. The number of carboxylic acid groups (broad SMARTS) is 2. The van der Waals surface area contributed by atoms with E-state index in [0.717, 1.165) is 31.6 Å². The zero-order valence-corrected chi connectivity index (χ0v) is 41.4. The molecule has 0 saturated heterocycles.